The van der Waals surface area contributed by atoms with E-state index in [1.165, 1.54) is 0 Å². The smallest absolute Gasteiger partial charge is 0.107 e. The summed E-state index contributed by atoms with van der Waals surface area (Å²) in [6, 6.07) is 4.03. The van der Waals surface area contributed by atoms with Crippen molar-refractivity contribution in [3.63, 3.8) is 0 Å². The highest BCUT2D eigenvalue weighted by molar-refractivity contribution is 4.87. The van der Waals surface area contributed by atoms with Crippen LogP contribution in [-0.4, -0.2) is 13.2 Å². The maximum absolute atomic E-state index is 8.56. The zero-order valence-electron chi connectivity index (χ0n) is 6.79. The summed E-state index contributed by atoms with van der Waals surface area (Å²) in [5, 5.41) is 16.8. The topological polar surface area (TPSA) is 56.8 Å². The number of rotatable bonds is 5. The zero-order chi connectivity index (χ0) is 9.23. The third-order valence-corrected chi connectivity index (χ3v) is 1.29. The van der Waals surface area contributed by atoms with Crippen LogP contribution in [0.15, 0.2) is 0 Å². The van der Waals surface area contributed by atoms with Crippen LogP contribution in [0.25, 0.3) is 0 Å². The molecule has 1 unspecified atom stereocenters. The lowest BCUT2D eigenvalue weighted by atomic mass is 10.1. The molecule has 0 N–H and O–H groups in total. The molecule has 3 nitrogen and oxygen atoms in total. The van der Waals surface area contributed by atoms with Gasteiger partial charge in [0.25, 0.3) is 0 Å². The first-order valence-electron chi connectivity index (χ1n) is 3.63. The first-order chi connectivity index (χ1) is 5.85. The predicted molar refractivity (Wildman–Crippen MR) is 43.6 cm³/mol. The summed E-state index contributed by atoms with van der Waals surface area (Å²) in [5.74, 6) is 2.10. The molecule has 0 aromatic rings. The van der Waals surface area contributed by atoms with Crippen LogP contribution in [0.2, 0.25) is 0 Å². The molecule has 0 aliphatic carbocycles. The Morgan fingerprint density at radius 2 is 2.17 bits per heavy atom. The highest BCUT2D eigenvalue weighted by atomic mass is 16.5. The Morgan fingerprint density at radius 3 is 2.67 bits per heavy atom. The number of nitriles is 2. The van der Waals surface area contributed by atoms with E-state index < -0.39 is 0 Å². The molecule has 0 radical (unpaired) electrons. The lowest BCUT2D eigenvalue weighted by molar-refractivity contribution is 0.141. The van der Waals surface area contributed by atoms with Crippen molar-refractivity contribution in [3.05, 3.63) is 0 Å². The highest BCUT2D eigenvalue weighted by Gasteiger charge is 2.05. The fourth-order valence-electron chi connectivity index (χ4n) is 0.684. The minimum Gasteiger partial charge on any atom is -0.367 e. The van der Waals surface area contributed by atoms with Crippen LogP contribution in [0.1, 0.15) is 12.8 Å². The molecule has 3 heteroatoms. The minimum absolute atomic E-state index is 0.210. The Balaban J connectivity index is 3.51. The molecule has 0 saturated carbocycles. The van der Waals surface area contributed by atoms with Gasteiger partial charge >= 0.3 is 0 Å². The van der Waals surface area contributed by atoms with E-state index in [-0.39, 0.29) is 12.5 Å². The molecule has 0 rings (SSSR count). The molecule has 0 aliphatic heterocycles. The van der Waals surface area contributed by atoms with Gasteiger partial charge < -0.3 is 4.74 Å². The molecule has 1 atom stereocenters. The summed E-state index contributed by atoms with van der Waals surface area (Å²) in [6.07, 6.45) is 5.89. The van der Waals surface area contributed by atoms with Crippen molar-refractivity contribution in [2.45, 2.75) is 12.8 Å². The average molecular weight is 162 g/mol. The van der Waals surface area contributed by atoms with Crippen molar-refractivity contribution in [3.8, 4) is 24.5 Å². The van der Waals surface area contributed by atoms with E-state index in [2.05, 4.69) is 12.0 Å². The second-order valence-electron chi connectivity index (χ2n) is 2.24. The molecule has 12 heavy (non-hydrogen) atoms. The first-order valence-corrected chi connectivity index (χ1v) is 3.63. The Kier molecular flexibility index (Phi) is 6.65. The molecular formula is C9H10N2O. The maximum atomic E-state index is 8.56. The van der Waals surface area contributed by atoms with E-state index in [4.69, 9.17) is 21.7 Å². The largest absolute Gasteiger partial charge is 0.367 e. The minimum atomic E-state index is -0.210. The molecule has 0 amide bonds. The molecular weight excluding hydrogens is 152 g/mol. The van der Waals surface area contributed by atoms with E-state index in [9.17, 15) is 0 Å². The van der Waals surface area contributed by atoms with Gasteiger partial charge in [-0.2, -0.15) is 10.5 Å². The summed E-state index contributed by atoms with van der Waals surface area (Å²) < 4.78 is 4.96. The standard InChI is InChI=1S/C9H10N2O/c1-2-6-12-8-9(7-11)4-3-5-10/h1,9H,3-4,6,8H2. The number of terminal acetylenes is 1. The van der Waals surface area contributed by atoms with Gasteiger partial charge in [-0.15, -0.1) is 6.42 Å². The fraction of sp³-hybridized carbons (Fsp3) is 0.556. The van der Waals surface area contributed by atoms with Crippen molar-refractivity contribution < 1.29 is 4.74 Å². The van der Waals surface area contributed by atoms with E-state index in [0.717, 1.165) is 0 Å². The monoisotopic (exact) mass is 162 g/mol. The molecule has 0 bridgehead atoms. The second-order valence-corrected chi connectivity index (χ2v) is 2.24. The third-order valence-electron chi connectivity index (χ3n) is 1.29. The van der Waals surface area contributed by atoms with Crippen molar-refractivity contribution in [2.24, 2.45) is 5.92 Å². The van der Waals surface area contributed by atoms with Crippen LogP contribution < -0.4 is 0 Å². The van der Waals surface area contributed by atoms with Crippen molar-refractivity contribution >= 4 is 0 Å². The first kappa shape index (κ1) is 10.5. The molecule has 0 aromatic carbocycles. The number of hydrogen-bond donors (Lipinski definition) is 0. The normalized spacial score (nSPS) is 10.8. The lowest BCUT2D eigenvalue weighted by Crippen LogP contribution is -2.07. The van der Waals surface area contributed by atoms with Crippen molar-refractivity contribution in [1.29, 1.82) is 10.5 Å². The summed E-state index contributed by atoms with van der Waals surface area (Å²) in [5.41, 5.74) is 0. The van der Waals surface area contributed by atoms with E-state index >= 15 is 0 Å². The Morgan fingerprint density at radius 1 is 1.42 bits per heavy atom. The van der Waals surface area contributed by atoms with E-state index in [1.54, 1.807) is 0 Å². The third kappa shape index (κ3) is 5.30. The lowest BCUT2D eigenvalue weighted by Gasteiger charge is -2.04. The van der Waals surface area contributed by atoms with Gasteiger partial charge in [-0.1, -0.05) is 5.92 Å². The molecule has 0 aliphatic rings. The Hall–Kier alpha value is -1.50. The van der Waals surface area contributed by atoms with Gasteiger partial charge in [0, 0.05) is 6.42 Å². The van der Waals surface area contributed by atoms with Gasteiger partial charge in [-0.25, -0.2) is 0 Å². The number of nitrogens with zero attached hydrogens (tertiary/aromatic N) is 2. The van der Waals surface area contributed by atoms with Gasteiger partial charge in [0.05, 0.1) is 24.7 Å². The molecule has 0 spiro atoms. The van der Waals surface area contributed by atoms with Crippen LogP contribution in [0, 0.1) is 40.9 Å². The molecule has 0 aromatic heterocycles. The van der Waals surface area contributed by atoms with Crippen LogP contribution in [-0.2, 0) is 4.74 Å². The molecule has 0 fully saturated rings. The van der Waals surface area contributed by atoms with Crippen molar-refractivity contribution in [1.82, 2.24) is 0 Å². The van der Waals surface area contributed by atoms with Crippen LogP contribution in [0.4, 0.5) is 0 Å². The van der Waals surface area contributed by atoms with Crippen LogP contribution >= 0.6 is 0 Å². The molecule has 62 valence electrons. The maximum Gasteiger partial charge on any atom is 0.107 e. The van der Waals surface area contributed by atoms with Crippen molar-refractivity contribution in [2.75, 3.05) is 13.2 Å². The molecule has 0 saturated heterocycles. The summed E-state index contributed by atoms with van der Waals surface area (Å²) >= 11 is 0. The van der Waals surface area contributed by atoms with Gasteiger partial charge in [-0.3, -0.25) is 0 Å². The average Bonchev–Trinajstić information content (AvgIpc) is 2.11. The Labute approximate surface area is 72.6 Å². The Bertz CT molecular complexity index is 228. The van der Waals surface area contributed by atoms with Crippen LogP contribution in [0.3, 0.4) is 0 Å². The molecule has 0 heterocycles. The summed E-state index contributed by atoms with van der Waals surface area (Å²) in [4.78, 5) is 0. The predicted octanol–water partition coefficient (Wildman–Crippen LogP) is 1.08. The van der Waals surface area contributed by atoms with Crippen LogP contribution in [0.5, 0.6) is 0 Å². The fourth-order valence-corrected chi connectivity index (χ4v) is 0.684. The summed E-state index contributed by atoms with van der Waals surface area (Å²) in [6.45, 7) is 0.549. The number of ether oxygens (including phenoxy) is 1. The van der Waals surface area contributed by atoms with Gasteiger partial charge in [0.2, 0.25) is 0 Å². The zero-order valence-corrected chi connectivity index (χ0v) is 6.79. The SMILES string of the molecule is C#CCOCC(C#N)CCC#N. The van der Waals surface area contributed by atoms with Gasteiger partial charge in [0.15, 0.2) is 0 Å². The van der Waals surface area contributed by atoms with E-state index in [1.807, 2.05) is 6.07 Å². The van der Waals surface area contributed by atoms with Gasteiger partial charge in [-0.05, 0) is 6.42 Å². The number of hydrogen-bond acceptors (Lipinski definition) is 3. The quantitative estimate of drug-likeness (QED) is 0.449. The highest BCUT2D eigenvalue weighted by Crippen LogP contribution is 2.04. The summed E-state index contributed by atoms with van der Waals surface area (Å²) in [7, 11) is 0. The van der Waals surface area contributed by atoms with E-state index in [0.29, 0.717) is 19.4 Å². The second kappa shape index (κ2) is 7.61. The van der Waals surface area contributed by atoms with Gasteiger partial charge in [0.1, 0.15) is 6.61 Å².